The van der Waals surface area contributed by atoms with Crippen molar-refractivity contribution >= 4 is 11.8 Å². The maximum atomic E-state index is 10.8. The number of halogens is 2. The van der Waals surface area contributed by atoms with Crippen LogP contribution in [0.2, 0.25) is 0 Å². The molecule has 0 heterocycles. The standard InChI is InChI=1S/2C3H4FNO/c2*4-2-1-3(5)6/h2*1-2H,(H2,5,6). The van der Waals surface area contributed by atoms with E-state index < -0.39 is 11.8 Å². The van der Waals surface area contributed by atoms with E-state index >= 15 is 0 Å². The molecule has 4 nitrogen and oxygen atoms in total. The van der Waals surface area contributed by atoms with Gasteiger partial charge in [0, 0.05) is 12.2 Å². The second-order valence-corrected chi connectivity index (χ2v) is 1.39. The summed E-state index contributed by atoms with van der Waals surface area (Å²) in [5.74, 6) is -1.53. The van der Waals surface area contributed by atoms with Gasteiger partial charge < -0.3 is 11.5 Å². The van der Waals surface area contributed by atoms with Gasteiger partial charge in [-0.3, -0.25) is 9.59 Å². The maximum absolute atomic E-state index is 10.8. The largest absolute Gasteiger partial charge is 0.366 e. The van der Waals surface area contributed by atoms with Crippen LogP contribution < -0.4 is 11.5 Å². The fourth-order valence-electron chi connectivity index (χ4n) is 0.124. The second kappa shape index (κ2) is 9.28. The van der Waals surface area contributed by atoms with Crippen LogP contribution in [-0.4, -0.2) is 11.8 Å². The van der Waals surface area contributed by atoms with Crippen LogP contribution in [0.1, 0.15) is 0 Å². The molecule has 0 aliphatic heterocycles. The number of carbonyl (C=O) groups excluding carboxylic acids is 2. The van der Waals surface area contributed by atoms with E-state index in [1.807, 2.05) is 0 Å². The van der Waals surface area contributed by atoms with Crippen molar-refractivity contribution in [2.24, 2.45) is 11.5 Å². The molecule has 12 heavy (non-hydrogen) atoms. The number of rotatable bonds is 2. The van der Waals surface area contributed by atoms with Crippen molar-refractivity contribution < 1.29 is 18.4 Å². The molecule has 0 unspecified atom stereocenters. The molecular formula is C6H8F2N2O2. The van der Waals surface area contributed by atoms with Crippen molar-refractivity contribution in [2.45, 2.75) is 0 Å². The average molecular weight is 178 g/mol. The molecule has 0 spiro atoms. The summed E-state index contributed by atoms with van der Waals surface area (Å²) in [4.78, 5) is 19.0. The zero-order valence-corrected chi connectivity index (χ0v) is 6.04. The van der Waals surface area contributed by atoms with Crippen molar-refractivity contribution in [3.8, 4) is 0 Å². The Morgan fingerprint density at radius 2 is 1.17 bits per heavy atom. The highest BCUT2D eigenvalue weighted by atomic mass is 19.1. The first-order valence-corrected chi connectivity index (χ1v) is 2.67. The molecule has 0 aromatic heterocycles. The third-order valence-electron chi connectivity index (χ3n) is 0.455. The third-order valence-corrected chi connectivity index (χ3v) is 0.455. The normalized spacial score (nSPS) is 9.50. The highest BCUT2D eigenvalue weighted by Gasteiger charge is 1.75. The summed E-state index contributed by atoms with van der Waals surface area (Å²) in [5.41, 5.74) is 8.87. The zero-order valence-electron chi connectivity index (χ0n) is 6.04. The van der Waals surface area contributed by atoms with Gasteiger partial charge in [0.1, 0.15) is 0 Å². The van der Waals surface area contributed by atoms with Gasteiger partial charge >= 0.3 is 0 Å². The average Bonchev–Trinajstić information content (AvgIpc) is 1.87. The van der Waals surface area contributed by atoms with E-state index in [4.69, 9.17) is 0 Å². The van der Waals surface area contributed by atoms with E-state index in [2.05, 4.69) is 11.5 Å². The van der Waals surface area contributed by atoms with Gasteiger partial charge in [0.05, 0.1) is 12.7 Å². The Morgan fingerprint density at radius 3 is 1.17 bits per heavy atom. The van der Waals surface area contributed by atoms with Crippen molar-refractivity contribution in [2.75, 3.05) is 0 Å². The highest BCUT2D eigenvalue weighted by Crippen LogP contribution is 1.66. The Morgan fingerprint density at radius 1 is 0.917 bits per heavy atom. The fraction of sp³-hybridized carbons (Fsp3) is 0. The monoisotopic (exact) mass is 178 g/mol. The van der Waals surface area contributed by atoms with Crippen LogP contribution in [0.4, 0.5) is 8.78 Å². The summed E-state index contributed by atoms with van der Waals surface area (Å²) in [6.45, 7) is 0. The Balaban J connectivity index is 0. The molecule has 0 saturated carbocycles. The molecule has 0 aliphatic rings. The molecule has 0 aromatic rings. The minimum atomic E-state index is -0.766. The van der Waals surface area contributed by atoms with Gasteiger partial charge in [0.2, 0.25) is 11.8 Å². The van der Waals surface area contributed by atoms with Gasteiger partial charge in [0.25, 0.3) is 0 Å². The predicted octanol–water partition coefficient (Wildman–Crippen LogP) is -0.0902. The first-order valence-electron chi connectivity index (χ1n) is 2.67. The molecule has 0 radical (unpaired) electrons. The lowest BCUT2D eigenvalue weighted by molar-refractivity contribution is -0.114. The van der Waals surface area contributed by atoms with Crippen LogP contribution in [0, 0.1) is 0 Å². The first-order chi connectivity index (χ1) is 5.54. The molecule has 0 atom stereocenters. The first kappa shape index (κ1) is 12.9. The van der Waals surface area contributed by atoms with Crippen molar-refractivity contribution in [3.63, 3.8) is 0 Å². The van der Waals surface area contributed by atoms with Gasteiger partial charge in [-0.1, -0.05) is 0 Å². The van der Waals surface area contributed by atoms with E-state index in [-0.39, 0.29) is 12.7 Å². The lowest BCUT2D eigenvalue weighted by Crippen LogP contribution is -2.04. The number of nitrogens with two attached hydrogens (primary N) is 2. The highest BCUT2D eigenvalue weighted by molar-refractivity contribution is 5.85. The molecule has 6 heteroatoms. The van der Waals surface area contributed by atoms with Gasteiger partial charge in [-0.15, -0.1) is 0 Å². The minimum absolute atomic E-state index is 0.0995. The molecule has 0 fully saturated rings. The van der Waals surface area contributed by atoms with E-state index in [9.17, 15) is 18.4 Å². The van der Waals surface area contributed by atoms with Crippen LogP contribution in [0.3, 0.4) is 0 Å². The molecule has 0 saturated heterocycles. The van der Waals surface area contributed by atoms with Crippen LogP contribution >= 0.6 is 0 Å². The molecule has 0 rings (SSSR count). The fourth-order valence-corrected chi connectivity index (χ4v) is 0.124. The number of primary amides is 2. The third kappa shape index (κ3) is 24.0. The Hall–Kier alpha value is -1.72. The predicted molar refractivity (Wildman–Crippen MR) is 38.9 cm³/mol. The lowest BCUT2D eigenvalue weighted by atomic mass is 10.6. The van der Waals surface area contributed by atoms with Gasteiger partial charge in [-0.25, -0.2) is 8.78 Å². The Bertz CT molecular complexity index is 180. The van der Waals surface area contributed by atoms with Crippen molar-refractivity contribution in [1.29, 1.82) is 0 Å². The maximum Gasteiger partial charge on any atom is 0.243 e. The molecule has 0 aromatic carbocycles. The van der Waals surface area contributed by atoms with E-state index in [1.165, 1.54) is 0 Å². The summed E-state index contributed by atoms with van der Waals surface area (Å²) >= 11 is 0. The number of hydrogen-bond acceptors (Lipinski definition) is 2. The molecule has 0 aliphatic carbocycles. The lowest BCUT2D eigenvalue weighted by Gasteiger charge is -1.68. The van der Waals surface area contributed by atoms with Crippen molar-refractivity contribution in [3.05, 3.63) is 24.8 Å². The van der Waals surface area contributed by atoms with E-state index in [1.54, 1.807) is 0 Å². The minimum Gasteiger partial charge on any atom is -0.366 e. The van der Waals surface area contributed by atoms with Crippen LogP contribution in [0.5, 0.6) is 0 Å². The quantitative estimate of drug-likeness (QED) is 0.579. The van der Waals surface area contributed by atoms with Gasteiger partial charge in [-0.05, 0) is 0 Å². The second-order valence-electron chi connectivity index (χ2n) is 1.39. The van der Waals surface area contributed by atoms with Crippen molar-refractivity contribution in [1.82, 2.24) is 0 Å². The molecule has 68 valence electrons. The smallest absolute Gasteiger partial charge is 0.243 e. The number of hydrogen-bond donors (Lipinski definition) is 2. The summed E-state index contributed by atoms with van der Waals surface area (Å²) in [6.07, 6.45) is 1.48. The summed E-state index contributed by atoms with van der Waals surface area (Å²) in [6, 6.07) is 0. The SMILES string of the molecule is NC(=O)C=CF.NC(=O)C=CF. The Kier molecular flexibility index (Phi) is 9.99. The van der Waals surface area contributed by atoms with Crippen LogP contribution in [0.25, 0.3) is 0 Å². The number of carbonyl (C=O) groups is 2. The van der Waals surface area contributed by atoms with E-state index in [0.29, 0.717) is 12.2 Å². The zero-order chi connectivity index (χ0) is 9.98. The van der Waals surface area contributed by atoms with Crippen LogP contribution in [0.15, 0.2) is 24.8 Å². The molecule has 2 amide bonds. The molecule has 0 bridgehead atoms. The topological polar surface area (TPSA) is 86.2 Å². The van der Waals surface area contributed by atoms with Gasteiger partial charge in [-0.2, -0.15) is 0 Å². The van der Waals surface area contributed by atoms with Gasteiger partial charge in [0.15, 0.2) is 0 Å². The summed E-state index contributed by atoms with van der Waals surface area (Å²) in [5, 5.41) is 0. The van der Waals surface area contributed by atoms with Crippen LogP contribution in [-0.2, 0) is 9.59 Å². The summed E-state index contributed by atoms with van der Waals surface area (Å²) < 4.78 is 21.5. The van der Waals surface area contributed by atoms with E-state index in [0.717, 1.165) is 0 Å². The Labute approximate surface area is 67.5 Å². The number of amides is 2. The molecule has 4 N–H and O–H groups in total. The molecular weight excluding hydrogens is 170 g/mol. The summed E-state index contributed by atoms with van der Waals surface area (Å²) in [7, 11) is 0.